The number of rotatable bonds is 0. The van der Waals surface area contributed by atoms with Crippen molar-refractivity contribution < 1.29 is 16.8 Å². The summed E-state index contributed by atoms with van der Waals surface area (Å²) in [5.41, 5.74) is -0.824. The standard InChI is InChI=1S/C9H14O4S2/c10-14(11)4-8-2-1-3-9(8,6-14)7-15(12,13)5-8/h1-7H2. The molecule has 3 aliphatic rings. The first-order valence-corrected chi connectivity index (χ1v) is 8.84. The summed E-state index contributed by atoms with van der Waals surface area (Å²) < 4.78 is 46.7. The van der Waals surface area contributed by atoms with E-state index in [0.29, 0.717) is 0 Å². The van der Waals surface area contributed by atoms with E-state index in [2.05, 4.69) is 0 Å². The molecule has 86 valence electrons. The van der Waals surface area contributed by atoms with Gasteiger partial charge in [0, 0.05) is 10.8 Å². The molecule has 0 aromatic heterocycles. The molecule has 15 heavy (non-hydrogen) atoms. The molecule has 0 atom stereocenters. The Labute approximate surface area is 89.9 Å². The van der Waals surface area contributed by atoms with E-state index in [0.717, 1.165) is 19.3 Å². The molecule has 2 aliphatic heterocycles. The van der Waals surface area contributed by atoms with Crippen molar-refractivity contribution in [2.75, 3.05) is 23.0 Å². The first-order valence-electron chi connectivity index (χ1n) is 5.19. The average Bonchev–Trinajstić information content (AvgIpc) is 2.36. The molecular formula is C9H14O4S2. The Hall–Kier alpha value is -0.100. The molecule has 0 aromatic carbocycles. The Balaban J connectivity index is 2.18. The molecule has 1 aliphatic carbocycles. The van der Waals surface area contributed by atoms with E-state index in [1.54, 1.807) is 0 Å². The number of sulfone groups is 2. The fourth-order valence-electron chi connectivity index (χ4n) is 4.07. The normalized spacial score (nSPS) is 50.1. The molecule has 0 aromatic rings. The largest absolute Gasteiger partial charge is 0.229 e. The van der Waals surface area contributed by atoms with Crippen LogP contribution >= 0.6 is 0 Å². The summed E-state index contributed by atoms with van der Waals surface area (Å²) in [4.78, 5) is 0. The van der Waals surface area contributed by atoms with Gasteiger partial charge < -0.3 is 0 Å². The quantitative estimate of drug-likeness (QED) is 0.607. The van der Waals surface area contributed by atoms with E-state index in [4.69, 9.17) is 0 Å². The van der Waals surface area contributed by atoms with Crippen LogP contribution in [0, 0.1) is 10.8 Å². The molecular weight excluding hydrogens is 236 g/mol. The van der Waals surface area contributed by atoms with Crippen molar-refractivity contribution in [1.82, 2.24) is 0 Å². The fraction of sp³-hybridized carbons (Fsp3) is 1.00. The van der Waals surface area contributed by atoms with Crippen molar-refractivity contribution in [3.63, 3.8) is 0 Å². The van der Waals surface area contributed by atoms with Crippen molar-refractivity contribution in [1.29, 1.82) is 0 Å². The Morgan fingerprint density at radius 3 is 1.33 bits per heavy atom. The summed E-state index contributed by atoms with van der Waals surface area (Å²) in [6.45, 7) is 0. The topological polar surface area (TPSA) is 68.3 Å². The average molecular weight is 250 g/mol. The lowest BCUT2D eigenvalue weighted by molar-refractivity contribution is 0.212. The highest BCUT2D eigenvalue weighted by atomic mass is 32.2. The van der Waals surface area contributed by atoms with Crippen LogP contribution in [-0.2, 0) is 19.7 Å². The van der Waals surface area contributed by atoms with E-state index in [9.17, 15) is 16.8 Å². The van der Waals surface area contributed by atoms with Gasteiger partial charge in [-0.05, 0) is 12.8 Å². The molecule has 3 fully saturated rings. The SMILES string of the molecule is O=S1(=O)CC23CCCC2(C1)CS(=O)(=O)C3. The third-order valence-corrected chi connectivity index (χ3v) is 8.39. The maximum absolute atomic E-state index is 11.7. The molecule has 0 N–H and O–H groups in total. The zero-order valence-corrected chi connectivity index (χ0v) is 10.0. The van der Waals surface area contributed by atoms with E-state index in [1.807, 2.05) is 0 Å². The highest BCUT2D eigenvalue weighted by Crippen LogP contribution is 2.63. The van der Waals surface area contributed by atoms with E-state index in [-0.39, 0.29) is 23.0 Å². The second-order valence-corrected chi connectivity index (χ2v) is 9.61. The minimum Gasteiger partial charge on any atom is -0.229 e. The Bertz CT molecular complexity index is 442. The van der Waals surface area contributed by atoms with E-state index < -0.39 is 30.5 Å². The molecule has 0 spiro atoms. The van der Waals surface area contributed by atoms with Crippen LogP contribution < -0.4 is 0 Å². The van der Waals surface area contributed by atoms with Crippen LogP contribution in [0.4, 0.5) is 0 Å². The minimum atomic E-state index is -3.00. The minimum absolute atomic E-state index is 0.110. The van der Waals surface area contributed by atoms with Gasteiger partial charge in [-0.15, -0.1) is 0 Å². The van der Waals surface area contributed by atoms with Gasteiger partial charge in [-0.25, -0.2) is 16.8 Å². The first kappa shape index (κ1) is 10.1. The maximum atomic E-state index is 11.7. The van der Waals surface area contributed by atoms with Gasteiger partial charge in [0.2, 0.25) is 0 Å². The van der Waals surface area contributed by atoms with Gasteiger partial charge >= 0.3 is 0 Å². The third kappa shape index (κ3) is 1.18. The van der Waals surface area contributed by atoms with E-state index in [1.165, 1.54) is 0 Å². The highest BCUT2D eigenvalue weighted by molar-refractivity contribution is 7.93. The van der Waals surface area contributed by atoms with Gasteiger partial charge in [0.1, 0.15) is 0 Å². The lowest BCUT2D eigenvalue weighted by Crippen LogP contribution is -2.34. The van der Waals surface area contributed by atoms with Gasteiger partial charge in [-0.2, -0.15) is 0 Å². The molecule has 0 bridgehead atoms. The molecule has 0 unspecified atom stereocenters. The highest BCUT2D eigenvalue weighted by Gasteiger charge is 2.69. The summed E-state index contributed by atoms with van der Waals surface area (Å²) in [5, 5.41) is 0. The van der Waals surface area contributed by atoms with E-state index >= 15 is 0 Å². The predicted molar refractivity (Wildman–Crippen MR) is 56.0 cm³/mol. The molecule has 0 radical (unpaired) electrons. The van der Waals surface area contributed by atoms with Gasteiger partial charge in [0.15, 0.2) is 19.7 Å². The molecule has 2 heterocycles. The van der Waals surface area contributed by atoms with Gasteiger partial charge in [0.25, 0.3) is 0 Å². The number of hydrogen-bond donors (Lipinski definition) is 0. The monoisotopic (exact) mass is 250 g/mol. The van der Waals surface area contributed by atoms with Crippen LogP contribution in [0.3, 0.4) is 0 Å². The van der Waals surface area contributed by atoms with Crippen LogP contribution in [0.1, 0.15) is 19.3 Å². The van der Waals surface area contributed by atoms with Gasteiger partial charge in [-0.3, -0.25) is 0 Å². The van der Waals surface area contributed by atoms with Crippen LogP contribution in [-0.4, -0.2) is 39.8 Å². The lowest BCUT2D eigenvalue weighted by Gasteiger charge is -2.29. The van der Waals surface area contributed by atoms with Crippen LogP contribution in [0.15, 0.2) is 0 Å². The Morgan fingerprint density at radius 2 is 1.00 bits per heavy atom. The first-order chi connectivity index (χ1) is 6.79. The summed E-state index contributed by atoms with van der Waals surface area (Å²) in [7, 11) is -6.00. The summed E-state index contributed by atoms with van der Waals surface area (Å²) in [6.07, 6.45) is 2.56. The zero-order valence-electron chi connectivity index (χ0n) is 8.40. The molecule has 6 heteroatoms. The fourth-order valence-corrected chi connectivity index (χ4v) is 10.1. The summed E-state index contributed by atoms with van der Waals surface area (Å²) >= 11 is 0. The lowest BCUT2D eigenvalue weighted by atomic mass is 9.71. The third-order valence-electron chi connectivity index (χ3n) is 4.42. The van der Waals surface area contributed by atoms with Gasteiger partial charge in [-0.1, -0.05) is 6.42 Å². The summed E-state index contributed by atoms with van der Waals surface area (Å²) in [6, 6.07) is 0. The van der Waals surface area contributed by atoms with Crippen LogP contribution in [0.25, 0.3) is 0 Å². The molecule has 1 saturated carbocycles. The second-order valence-electron chi connectivity index (χ2n) is 5.48. The van der Waals surface area contributed by atoms with Crippen molar-refractivity contribution in [2.45, 2.75) is 19.3 Å². The van der Waals surface area contributed by atoms with Crippen LogP contribution in [0.5, 0.6) is 0 Å². The van der Waals surface area contributed by atoms with Gasteiger partial charge in [0.05, 0.1) is 23.0 Å². The summed E-state index contributed by atoms with van der Waals surface area (Å²) in [5.74, 6) is 0.441. The Morgan fingerprint density at radius 1 is 0.667 bits per heavy atom. The number of hydrogen-bond acceptors (Lipinski definition) is 4. The molecule has 3 rings (SSSR count). The smallest absolute Gasteiger partial charge is 0.151 e. The van der Waals surface area contributed by atoms with Crippen molar-refractivity contribution in [3.05, 3.63) is 0 Å². The molecule has 4 nitrogen and oxygen atoms in total. The Kier molecular flexibility index (Phi) is 1.63. The van der Waals surface area contributed by atoms with Crippen molar-refractivity contribution >= 4 is 19.7 Å². The second kappa shape index (κ2) is 2.42. The molecule has 0 amide bonds. The van der Waals surface area contributed by atoms with Crippen LogP contribution in [0.2, 0.25) is 0 Å². The van der Waals surface area contributed by atoms with Crippen molar-refractivity contribution in [3.8, 4) is 0 Å². The molecule has 2 saturated heterocycles. The predicted octanol–water partition coefficient (Wildman–Crippen LogP) is -0.0001000. The zero-order chi connectivity index (χ0) is 10.9. The van der Waals surface area contributed by atoms with Crippen molar-refractivity contribution in [2.24, 2.45) is 10.8 Å². The maximum Gasteiger partial charge on any atom is 0.151 e.